The highest BCUT2D eigenvalue weighted by atomic mass is 35.5. The van der Waals surface area contributed by atoms with Gasteiger partial charge in [0.2, 0.25) is 0 Å². The minimum atomic E-state index is -1.20. The Hall–Kier alpha value is -3.43. The zero-order chi connectivity index (χ0) is 23.2. The van der Waals surface area contributed by atoms with E-state index in [0.29, 0.717) is 27.8 Å². The molecule has 2 unspecified atom stereocenters. The van der Waals surface area contributed by atoms with Gasteiger partial charge in [-0.2, -0.15) is 5.10 Å². The third kappa shape index (κ3) is 3.73. The van der Waals surface area contributed by atoms with Crippen LogP contribution < -0.4 is 5.32 Å². The van der Waals surface area contributed by atoms with Gasteiger partial charge >= 0.3 is 6.03 Å². The lowest BCUT2D eigenvalue weighted by Gasteiger charge is -2.23. The number of carbonyl (C=O) groups excluding carboxylic acids is 3. The minimum Gasteiger partial charge on any atom is -0.467 e. The fourth-order valence-corrected chi connectivity index (χ4v) is 5.00. The van der Waals surface area contributed by atoms with Crippen molar-refractivity contribution in [3.63, 3.8) is 0 Å². The Morgan fingerprint density at radius 1 is 1.24 bits per heavy atom. The fraction of sp³-hybridized carbons (Fsp3) is 0.217. The Morgan fingerprint density at radius 2 is 2.03 bits per heavy atom. The van der Waals surface area contributed by atoms with Gasteiger partial charge in [-0.1, -0.05) is 29.8 Å². The van der Waals surface area contributed by atoms with Crippen LogP contribution in [0.15, 0.2) is 69.7 Å². The molecule has 0 aliphatic carbocycles. The number of thiophene rings is 1. The summed E-state index contributed by atoms with van der Waals surface area (Å²) in [4.78, 5) is 40.7. The molecule has 1 N–H and O–H groups in total. The first-order valence-corrected chi connectivity index (χ1v) is 11.5. The van der Waals surface area contributed by atoms with Crippen molar-refractivity contribution < 1.29 is 18.8 Å². The van der Waals surface area contributed by atoms with Gasteiger partial charge in [0.25, 0.3) is 11.8 Å². The monoisotopic (exact) mass is 482 g/mol. The fourth-order valence-electron chi connectivity index (χ4n) is 4.04. The molecule has 2 aromatic heterocycles. The number of benzene rings is 1. The summed E-state index contributed by atoms with van der Waals surface area (Å²) in [5, 5.41) is 11.0. The van der Waals surface area contributed by atoms with E-state index in [9.17, 15) is 14.4 Å². The Bertz CT molecular complexity index is 1240. The van der Waals surface area contributed by atoms with Crippen molar-refractivity contribution in [3.05, 3.63) is 81.4 Å². The van der Waals surface area contributed by atoms with Gasteiger partial charge in [-0.3, -0.25) is 14.5 Å². The second kappa shape index (κ2) is 8.17. The largest absolute Gasteiger partial charge is 0.467 e. The number of halogens is 1. The molecule has 0 radical (unpaired) electrons. The van der Waals surface area contributed by atoms with Gasteiger partial charge < -0.3 is 9.73 Å². The number of carbonyl (C=O) groups is 3. The Balaban J connectivity index is 1.41. The predicted octanol–water partition coefficient (Wildman–Crippen LogP) is 4.14. The second-order valence-corrected chi connectivity index (χ2v) is 9.34. The molecule has 0 bridgehead atoms. The molecule has 2 aliphatic rings. The molecule has 4 amide bonds. The molecule has 2 aliphatic heterocycles. The van der Waals surface area contributed by atoms with E-state index in [4.69, 9.17) is 16.0 Å². The van der Waals surface area contributed by atoms with Gasteiger partial charge in [-0.15, -0.1) is 11.3 Å². The lowest BCUT2D eigenvalue weighted by molar-refractivity contribution is -0.140. The van der Waals surface area contributed by atoms with E-state index in [1.807, 2.05) is 23.6 Å². The predicted molar refractivity (Wildman–Crippen MR) is 123 cm³/mol. The summed E-state index contributed by atoms with van der Waals surface area (Å²) in [5.74, 6) is -0.394. The summed E-state index contributed by atoms with van der Waals surface area (Å²) in [6.45, 7) is 1.21. The molecule has 3 aromatic rings. The van der Waals surface area contributed by atoms with E-state index in [0.717, 1.165) is 10.5 Å². The average Bonchev–Trinajstić information content (AvgIpc) is 3.59. The zero-order valence-corrected chi connectivity index (χ0v) is 19.1. The third-order valence-corrected chi connectivity index (χ3v) is 7.14. The lowest BCUT2D eigenvalue weighted by atomic mass is 10.0. The molecule has 168 valence electrons. The first-order valence-electron chi connectivity index (χ1n) is 10.2. The van der Waals surface area contributed by atoms with Crippen LogP contribution in [-0.2, 0) is 15.1 Å². The molecule has 1 saturated heterocycles. The van der Waals surface area contributed by atoms with Crippen LogP contribution in [0.2, 0.25) is 5.02 Å². The third-order valence-electron chi connectivity index (χ3n) is 5.80. The lowest BCUT2D eigenvalue weighted by Crippen LogP contribution is -2.43. The molecule has 2 atom stereocenters. The summed E-state index contributed by atoms with van der Waals surface area (Å²) in [6, 6.07) is 13.2. The van der Waals surface area contributed by atoms with Crippen LogP contribution >= 0.6 is 22.9 Å². The van der Waals surface area contributed by atoms with Crippen LogP contribution in [0.5, 0.6) is 0 Å². The highest BCUT2D eigenvalue weighted by Crippen LogP contribution is 2.35. The van der Waals surface area contributed by atoms with Crippen molar-refractivity contribution in [3.8, 4) is 0 Å². The van der Waals surface area contributed by atoms with Gasteiger partial charge in [-0.25, -0.2) is 9.80 Å². The van der Waals surface area contributed by atoms with E-state index in [-0.39, 0.29) is 0 Å². The molecule has 1 aromatic carbocycles. The zero-order valence-electron chi connectivity index (χ0n) is 17.5. The van der Waals surface area contributed by atoms with Crippen LogP contribution in [-0.4, -0.2) is 40.0 Å². The molecule has 8 nitrogen and oxygen atoms in total. The smallest absolute Gasteiger partial charge is 0.325 e. The number of hydrazone groups is 1. The first-order chi connectivity index (χ1) is 15.9. The van der Waals surface area contributed by atoms with E-state index in [1.54, 1.807) is 37.3 Å². The average molecular weight is 483 g/mol. The summed E-state index contributed by atoms with van der Waals surface area (Å²) in [7, 11) is 0. The van der Waals surface area contributed by atoms with Crippen LogP contribution in [0.1, 0.15) is 35.6 Å². The quantitative estimate of drug-likeness (QED) is 0.553. The second-order valence-electron chi connectivity index (χ2n) is 7.95. The standard InChI is InChI=1S/C23H19ClN4O4S/c1-23(19-5-3-11-33-19)21(30)27(22(31)25-23)13-20(29)28-17(18-4-2-10-32-18)12-16(26-28)14-6-8-15(24)9-7-14/h2-11,17H,12-13H2,1H3,(H,25,31). The Kier molecular flexibility index (Phi) is 5.30. The molecular weight excluding hydrogens is 464 g/mol. The molecule has 4 heterocycles. The van der Waals surface area contributed by atoms with Crippen LogP contribution in [0.3, 0.4) is 0 Å². The van der Waals surface area contributed by atoms with Gasteiger partial charge in [0.05, 0.1) is 12.0 Å². The number of nitrogens with zero attached hydrogens (tertiary/aromatic N) is 3. The van der Waals surface area contributed by atoms with Gasteiger partial charge in [0.1, 0.15) is 18.3 Å². The number of hydrogen-bond acceptors (Lipinski definition) is 6. The van der Waals surface area contributed by atoms with E-state index in [2.05, 4.69) is 10.4 Å². The van der Waals surface area contributed by atoms with Crippen molar-refractivity contribution >= 4 is 46.5 Å². The molecule has 1 fully saturated rings. The van der Waals surface area contributed by atoms with Crippen LogP contribution in [0, 0.1) is 0 Å². The SMILES string of the molecule is CC1(c2cccs2)NC(=O)N(CC(=O)N2N=C(c3ccc(Cl)cc3)CC2c2ccco2)C1=O. The number of furan rings is 1. The maximum atomic E-state index is 13.3. The minimum absolute atomic E-state index is 0.425. The molecule has 0 saturated carbocycles. The topological polar surface area (TPSA) is 95.2 Å². The van der Waals surface area contributed by atoms with Gasteiger partial charge in [-0.05, 0) is 48.2 Å². The van der Waals surface area contributed by atoms with Gasteiger partial charge in [0.15, 0.2) is 5.54 Å². The number of urea groups is 1. The Morgan fingerprint density at radius 3 is 2.70 bits per heavy atom. The van der Waals surface area contributed by atoms with Crippen molar-refractivity contribution in [2.24, 2.45) is 5.10 Å². The maximum absolute atomic E-state index is 13.3. The highest BCUT2D eigenvalue weighted by Gasteiger charge is 2.51. The van der Waals surface area contributed by atoms with Crippen molar-refractivity contribution in [1.29, 1.82) is 0 Å². The summed E-state index contributed by atoms with van der Waals surface area (Å²) in [5.41, 5.74) is 0.308. The number of rotatable bonds is 5. The molecule has 10 heteroatoms. The number of hydrogen-bond donors (Lipinski definition) is 1. The molecule has 0 spiro atoms. The van der Waals surface area contributed by atoms with E-state index in [1.165, 1.54) is 22.6 Å². The van der Waals surface area contributed by atoms with Crippen molar-refractivity contribution in [1.82, 2.24) is 15.2 Å². The summed E-state index contributed by atoms with van der Waals surface area (Å²) >= 11 is 7.36. The highest BCUT2D eigenvalue weighted by molar-refractivity contribution is 7.10. The number of imide groups is 1. The molecular formula is C23H19ClN4O4S. The maximum Gasteiger partial charge on any atom is 0.325 e. The summed E-state index contributed by atoms with van der Waals surface area (Å²) < 4.78 is 5.55. The Labute approximate surface area is 198 Å². The van der Waals surface area contributed by atoms with Crippen LogP contribution in [0.4, 0.5) is 4.79 Å². The number of nitrogens with one attached hydrogen (secondary N) is 1. The van der Waals surface area contributed by atoms with Gasteiger partial charge in [0, 0.05) is 16.3 Å². The molecule has 5 rings (SSSR count). The van der Waals surface area contributed by atoms with Crippen molar-refractivity contribution in [2.75, 3.05) is 6.54 Å². The summed E-state index contributed by atoms with van der Waals surface area (Å²) in [6.07, 6.45) is 1.95. The first kappa shape index (κ1) is 21.4. The van der Waals surface area contributed by atoms with E-state index < -0.39 is 36.0 Å². The number of amides is 4. The van der Waals surface area contributed by atoms with Crippen LogP contribution in [0.25, 0.3) is 0 Å². The molecule has 33 heavy (non-hydrogen) atoms. The normalized spacial score (nSPS) is 22.6. The van der Waals surface area contributed by atoms with E-state index >= 15 is 0 Å². The van der Waals surface area contributed by atoms with Crippen molar-refractivity contribution in [2.45, 2.75) is 24.9 Å².